The fourth-order valence-corrected chi connectivity index (χ4v) is 5.59. The van der Waals surface area contributed by atoms with Crippen molar-refractivity contribution in [1.82, 2.24) is 0 Å². The minimum atomic E-state index is 0.174. The maximum Gasteiger partial charge on any atom is 0.121 e. The third-order valence-electron chi connectivity index (χ3n) is 5.69. The number of hydrogen-bond donors (Lipinski definition) is 1. The smallest absolute Gasteiger partial charge is 0.121 e. The second-order valence-electron chi connectivity index (χ2n) is 6.90. The molecular formula is C22H19NSi. The summed E-state index contributed by atoms with van der Waals surface area (Å²) in [6.45, 7) is 2.37. The molecule has 5 rings (SSSR count). The van der Waals surface area contributed by atoms with Gasteiger partial charge in [0.25, 0.3) is 0 Å². The van der Waals surface area contributed by atoms with Crippen LogP contribution in [0.4, 0.5) is 5.69 Å². The number of hydrogen-bond acceptors (Lipinski definition) is 1. The molecule has 0 bridgehead atoms. The highest BCUT2D eigenvalue weighted by molar-refractivity contribution is 6.67. The monoisotopic (exact) mass is 325 g/mol. The lowest BCUT2D eigenvalue weighted by molar-refractivity contribution is 0.756. The highest BCUT2D eigenvalue weighted by Gasteiger charge is 2.68. The molecule has 2 aliphatic rings. The van der Waals surface area contributed by atoms with E-state index in [0.29, 0.717) is 12.0 Å². The molecule has 24 heavy (non-hydrogen) atoms. The van der Waals surface area contributed by atoms with Gasteiger partial charge in [-0.3, -0.25) is 0 Å². The molecule has 0 saturated heterocycles. The van der Waals surface area contributed by atoms with Crippen LogP contribution >= 0.6 is 0 Å². The second kappa shape index (κ2) is 5.09. The lowest BCUT2D eigenvalue weighted by Gasteiger charge is -2.17. The Balaban J connectivity index is 1.55. The third kappa shape index (κ3) is 1.86. The Morgan fingerprint density at radius 1 is 0.833 bits per heavy atom. The molecule has 3 atom stereocenters. The van der Waals surface area contributed by atoms with Crippen molar-refractivity contribution >= 4 is 25.6 Å². The molecule has 2 unspecified atom stereocenters. The quantitative estimate of drug-likeness (QED) is 0.730. The number of nitrogens with one attached hydrogen (secondary N) is 1. The largest absolute Gasteiger partial charge is 0.380 e. The van der Waals surface area contributed by atoms with E-state index in [0.717, 1.165) is 9.52 Å². The van der Waals surface area contributed by atoms with Crippen molar-refractivity contribution < 1.29 is 0 Å². The van der Waals surface area contributed by atoms with Gasteiger partial charge in [0.1, 0.15) is 9.52 Å². The molecule has 1 saturated carbocycles. The molecule has 1 N–H and O–H groups in total. The van der Waals surface area contributed by atoms with Crippen LogP contribution in [0.15, 0.2) is 78.9 Å². The van der Waals surface area contributed by atoms with E-state index >= 15 is 0 Å². The molecule has 1 fully saturated rings. The van der Waals surface area contributed by atoms with E-state index in [-0.39, 0.29) is 5.41 Å². The summed E-state index contributed by atoms with van der Waals surface area (Å²) >= 11 is 0. The van der Waals surface area contributed by atoms with Crippen molar-refractivity contribution in [3.8, 4) is 0 Å². The molecule has 2 heteroatoms. The van der Waals surface area contributed by atoms with E-state index in [2.05, 4.69) is 91.1 Å². The summed E-state index contributed by atoms with van der Waals surface area (Å²) in [4.78, 5) is 0. The molecule has 3 aromatic carbocycles. The molecule has 0 aromatic heterocycles. The molecule has 116 valence electrons. The molecule has 0 amide bonds. The maximum atomic E-state index is 3.73. The van der Waals surface area contributed by atoms with Gasteiger partial charge >= 0.3 is 0 Å². The fourth-order valence-electron chi connectivity index (χ4n) is 4.49. The first-order valence-electron chi connectivity index (χ1n) is 8.59. The maximum absolute atomic E-state index is 3.73. The summed E-state index contributed by atoms with van der Waals surface area (Å²) in [7, 11) is 0.719. The minimum Gasteiger partial charge on any atom is -0.380 e. The molecule has 1 heterocycles. The average molecular weight is 325 g/mol. The second-order valence-corrected chi connectivity index (χ2v) is 8.30. The van der Waals surface area contributed by atoms with Crippen LogP contribution in [-0.2, 0) is 5.41 Å². The van der Waals surface area contributed by atoms with Gasteiger partial charge in [-0.25, -0.2) is 0 Å². The summed E-state index contributed by atoms with van der Waals surface area (Å²) in [6, 6.07) is 29.4. The minimum absolute atomic E-state index is 0.174. The first-order chi connectivity index (χ1) is 11.8. The van der Waals surface area contributed by atoms with Gasteiger partial charge in [0.2, 0.25) is 0 Å². The van der Waals surface area contributed by atoms with Gasteiger partial charge in [0, 0.05) is 17.1 Å². The molecule has 2 radical (unpaired) electrons. The van der Waals surface area contributed by atoms with E-state index in [4.69, 9.17) is 0 Å². The van der Waals surface area contributed by atoms with Gasteiger partial charge < -0.3 is 5.32 Å². The van der Waals surface area contributed by atoms with Crippen LogP contribution in [0.3, 0.4) is 0 Å². The van der Waals surface area contributed by atoms with Crippen molar-refractivity contribution in [2.45, 2.75) is 18.4 Å². The predicted molar refractivity (Wildman–Crippen MR) is 102 cm³/mol. The summed E-state index contributed by atoms with van der Waals surface area (Å²) < 4.78 is 0. The number of benzene rings is 3. The Morgan fingerprint density at radius 2 is 1.58 bits per heavy atom. The molecule has 0 spiro atoms. The standard InChI is InChI=1S/C22H19NSi/c1-15-21-22(15,19-12-5-6-13-20(19)23-21)16-8-7-11-18(14-16)24-17-9-3-2-4-10-17/h2-15,21,23H,1H3/t15?,21-,22?/m0/s1. The normalized spacial score (nSPS) is 26.4. The van der Waals surface area contributed by atoms with Crippen LogP contribution in [0.1, 0.15) is 18.1 Å². The highest BCUT2D eigenvalue weighted by Crippen LogP contribution is 2.65. The number of fused-ring (bicyclic) bond motifs is 3. The topological polar surface area (TPSA) is 12.0 Å². The van der Waals surface area contributed by atoms with Crippen LogP contribution in [0.5, 0.6) is 0 Å². The first kappa shape index (κ1) is 14.1. The SMILES string of the molecule is CC1[C@@H]2Nc3ccccc3C12c1cccc([Si]c2ccccc2)c1. The van der Waals surface area contributed by atoms with Crippen LogP contribution in [-0.4, -0.2) is 15.6 Å². The van der Waals surface area contributed by atoms with E-state index in [1.807, 2.05) is 0 Å². The zero-order chi connectivity index (χ0) is 16.1. The first-order valence-corrected chi connectivity index (χ1v) is 9.59. The molecular weight excluding hydrogens is 306 g/mol. The van der Waals surface area contributed by atoms with Crippen LogP contribution in [0.25, 0.3) is 0 Å². The van der Waals surface area contributed by atoms with Crippen molar-refractivity contribution in [2.75, 3.05) is 5.32 Å². The Labute approximate surface area is 145 Å². The fraction of sp³-hybridized carbons (Fsp3) is 0.182. The Kier molecular flexibility index (Phi) is 2.98. The third-order valence-corrected chi connectivity index (χ3v) is 6.91. The molecule has 1 aliphatic heterocycles. The molecule has 1 aliphatic carbocycles. The molecule has 3 aromatic rings. The summed E-state index contributed by atoms with van der Waals surface area (Å²) in [5.41, 5.74) is 4.44. The highest BCUT2D eigenvalue weighted by atomic mass is 28.2. The Hall–Kier alpha value is -2.32. The van der Waals surface area contributed by atoms with Crippen LogP contribution < -0.4 is 15.7 Å². The van der Waals surface area contributed by atoms with Crippen LogP contribution in [0, 0.1) is 5.92 Å². The summed E-state index contributed by atoms with van der Waals surface area (Å²) in [6.07, 6.45) is 0. The van der Waals surface area contributed by atoms with Gasteiger partial charge in [-0.15, -0.1) is 0 Å². The van der Waals surface area contributed by atoms with Crippen molar-refractivity contribution in [1.29, 1.82) is 0 Å². The van der Waals surface area contributed by atoms with Gasteiger partial charge in [-0.05, 0) is 23.1 Å². The number of rotatable bonds is 3. The Morgan fingerprint density at radius 3 is 2.46 bits per heavy atom. The summed E-state index contributed by atoms with van der Waals surface area (Å²) in [5.74, 6) is 0.655. The van der Waals surface area contributed by atoms with Gasteiger partial charge in [-0.1, -0.05) is 90.1 Å². The van der Waals surface area contributed by atoms with E-state index in [9.17, 15) is 0 Å². The van der Waals surface area contributed by atoms with Crippen molar-refractivity contribution in [3.63, 3.8) is 0 Å². The van der Waals surface area contributed by atoms with E-state index in [1.165, 1.54) is 27.2 Å². The van der Waals surface area contributed by atoms with Crippen LogP contribution in [0.2, 0.25) is 0 Å². The average Bonchev–Trinajstić information content (AvgIpc) is 3.05. The Bertz CT molecular complexity index is 905. The zero-order valence-electron chi connectivity index (χ0n) is 13.7. The number of anilines is 1. The van der Waals surface area contributed by atoms with E-state index < -0.39 is 0 Å². The number of para-hydroxylation sites is 1. The zero-order valence-corrected chi connectivity index (χ0v) is 14.7. The van der Waals surface area contributed by atoms with E-state index in [1.54, 1.807) is 0 Å². The lowest BCUT2D eigenvalue weighted by atomic mass is 9.86. The predicted octanol–water partition coefficient (Wildman–Crippen LogP) is 3.07. The van der Waals surface area contributed by atoms with Gasteiger partial charge in [-0.2, -0.15) is 0 Å². The lowest BCUT2D eigenvalue weighted by Crippen LogP contribution is -2.28. The van der Waals surface area contributed by atoms with Crippen molar-refractivity contribution in [3.05, 3.63) is 90.0 Å². The summed E-state index contributed by atoms with van der Waals surface area (Å²) in [5, 5.41) is 6.56. The van der Waals surface area contributed by atoms with Crippen molar-refractivity contribution in [2.24, 2.45) is 5.92 Å². The van der Waals surface area contributed by atoms with Gasteiger partial charge in [0.05, 0.1) is 0 Å². The molecule has 1 nitrogen and oxygen atoms in total. The van der Waals surface area contributed by atoms with Gasteiger partial charge in [0.15, 0.2) is 0 Å².